The molecule has 0 radical (unpaired) electrons. The minimum absolute atomic E-state index is 0.0751. The van der Waals surface area contributed by atoms with E-state index in [1.807, 2.05) is 65.6 Å². The van der Waals surface area contributed by atoms with Crippen LogP contribution in [0.2, 0.25) is 0 Å². The smallest absolute Gasteiger partial charge is 0.308 e. The molecule has 2 rings (SSSR count). The number of rotatable bonds is 7. The number of hydrogen-bond acceptors (Lipinski definition) is 1. The van der Waals surface area contributed by atoms with Crippen LogP contribution in [-0.4, -0.2) is 12.6 Å². The van der Waals surface area contributed by atoms with Gasteiger partial charge in [0.25, 0.3) is 0 Å². The van der Waals surface area contributed by atoms with Crippen LogP contribution in [0.1, 0.15) is 32.6 Å². The van der Waals surface area contributed by atoms with Crippen LogP contribution in [0.15, 0.2) is 60.7 Å². The standard InChI is InChI=1S/C19H24N2O/c1-2-3-4-11-16-21(18-14-9-6-10-15-18)19(22)20-17-12-7-5-8-13-17/h5-10,12-15H,2-4,11,16H2,1H3,(H,20,22). The third-order valence-corrected chi connectivity index (χ3v) is 3.57. The minimum Gasteiger partial charge on any atom is -0.308 e. The molecule has 2 amide bonds. The van der Waals surface area contributed by atoms with E-state index in [1.165, 1.54) is 12.8 Å². The fourth-order valence-electron chi connectivity index (χ4n) is 2.36. The van der Waals surface area contributed by atoms with Crippen LogP contribution in [0.4, 0.5) is 16.2 Å². The molecule has 0 heterocycles. The van der Waals surface area contributed by atoms with Gasteiger partial charge in [-0.05, 0) is 30.7 Å². The molecule has 0 saturated carbocycles. The minimum atomic E-state index is -0.0751. The van der Waals surface area contributed by atoms with Crippen molar-refractivity contribution in [3.63, 3.8) is 0 Å². The van der Waals surface area contributed by atoms with Gasteiger partial charge in [-0.3, -0.25) is 4.90 Å². The summed E-state index contributed by atoms with van der Waals surface area (Å²) in [7, 11) is 0. The maximum atomic E-state index is 12.6. The topological polar surface area (TPSA) is 32.3 Å². The molecule has 0 aliphatic heterocycles. The highest BCUT2D eigenvalue weighted by Gasteiger charge is 2.15. The van der Waals surface area contributed by atoms with Gasteiger partial charge in [-0.15, -0.1) is 0 Å². The van der Waals surface area contributed by atoms with E-state index < -0.39 is 0 Å². The van der Waals surface area contributed by atoms with Crippen LogP contribution in [0.25, 0.3) is 0 Å². The Bertz CT molecular complexity index is 554. The summed E-state index contributed by atoms with van der Waals surface area (Å²) in [6.45, 7) is 2.93. The average molecular weight is 296 g/mol. The predicted octanol–water partition coefficient (Wildman–Crippen LogP) is 5.31. The molecule has 0 atom stereocenters. The summed E-state index contributed by atoms with van der Waals surface area (Å²) >= 11 is 0. The average Bonchev–Trinajstić information content (AvgIpc) is 2.56. The van der Waals surface area contributed by atoms with Crippen molar-refractivity contribution in [3.8, 4) is 0 Å². The van der Waals surface area contributed by atoms with Crippen molar-refractivity contribution in [1.29, 1.82) is 0 Å². The highest BCUT2D eigenvalue weighted by molar-refractivity contribution is 6.01. The summed E-state index contributed by atoms with van der Waals surface area (Å²) in [5.41, 5.74) is 1.76. The maximum absolute atomic E-state index is 12.6. The Morgan fingerprint density at radius 3 is 2.18 bits per heavy atom. The van der Waals surface area contributed by atoms with Crippen molar-refractivity contribution in [2.45, 2.75) is 32.6 Å². The largest absolute Gasteiger partial charge is 0.326 e. The molecule has 0 saturated heterocycles. The van der Waals surface area contributed by atoms with Gasteiger partial charge in [-0.25, -0.2) is 4.79 Å². The molecule has 0 fully saturated rings. The number of carbonyl (C=O) groups is 1. The highest BCUT2D eigenvalue weighted by Crippen LogP contribution is 2.17. The summed E-state index contributed by atoms with van der Waals surface area (Å²) in [5.74, 6) is 0. The molecule has 0 unspecified atom stereocenters. The molecule has 0 spiro atoms. The second kappa shape index (κ2) is 8.88. The number of unbranched alkanes of at least 4 members (excludes halogenated alkanes) is 3. The van der Waals surface area contributed by atoms with Crippen LogP contribution in [-0.2, 0) is 0 Å². The van der Waals surface area contributed by atoms with Gasteiger partial charge in [0.2, 0.25) is 0 Å². The van der Waals surface area contributed by atoms with Gasteiger partial charge in [-0.2, -0.15) is 0 Å². The van der Waals surface area contributed by atoms with Gasteiger partial charge in [0, 0.05) is 17.9 Å². The van der Waals surface area contributed by atoms with Crippen molar-refractivity contribution in [1.82, 2.24) is 0 Å². The highest BCUT2D eigenvalue weighted by atomic mass is 16.2. The number of nitrogens with zero attached hydrogens (tertiary/aromatic N) is 1. The van der Waals surface area contributed by atoms with Crippen LogP contribution >= 0.6 is 0 Å². The van der Waals surface area contributed by atoms with E-state index >= 15 is 0 Å². The first-order chi connectivity index (χ1) is 10.8. The quantitative estimate of drug-likeness (QED) is 0.690. The SMILES string of the molecule is CCCCCCN(C(=O)Nc1ccccc1)c1ccccc1. The number of para-hydroxylation sites is 2. The predicted molar refractivity (Wildman–Crippen MR) is 93.4 cm³/mol. The molecule has 0 aliphatic carbocycles. The van der Waals surface area contributed by atoms with E-state index in [4.69, 9.17) is 0 Å². The van der Waals surface area contributed by atoms with Gasteiger partial charge in [0.1, 0.15) is 0 Å². The molecule has 0 aromatic heterocycles. The molecule has 3 heteroatoms. The monoisotopic (exact) mass is 296 g/mol. The zero-order valence-corrected chi connectivity index (χ0v) is 13.2. The lowest BCUT2D eigenvalue weighted by molar-refractivity contribution is 0.256. The Hall–Kier alpha value is -2.29. The molecule has 1 N–H and O–H groups in total. The second-order valence-electron chi connectivity index (χ2n) is 5.34. The van der Waals surface area contributed by atoms with Crippen molar-refractivity contribution >= 4 is 17.4 Å². The molecule has 0 bridgehead atoms. The van der Waals surface area contributed by atoms with E-state index in [9.17, 15) is 4.79 Å². The molecule has 2 aromatic carbocycles. The summed E-state index contributed by atoms with van der Waals surface area (Å²) < 4.78 is 0. The van der Waals surface area contributed by atoms with E-state index in [0.717, 1.165) is 30.8 Å². The zero-order chi connectivity index (χ0) is 15.6. The van der Waals surface area contributed by atoms with Crippen molar-refractivity contribution in [3.05, 3.63) is 60.7 Å². The number of hydrogen-bond donors (Lipinski definition) is 1. The van der Waals surface area contributed by atoms with Gasteiger partial charge in [0.15, 0.2) is 0 Å². The lowest BCUT2D eigenvalue weighted by Gasteiger charge is -2.23. The number of nitrogens with one attached hydrogen (secondary N) is 1. The Labute approximate surface area is 133 Å². The molecule has 2 aromatic rings. The number of carbonyl (C=O) groups excluding carboxylic acids is 1. The zero-order valence-electron chi connectivity index (χ0n) is 13.2. The molecule has 116 valence electrons. The van der Waals surface area contributed by atoms with Crippen molar-refractivity contribution in [2.24, 2.45) is 0 Å². The fourth-order valence-corrected chi connectivity index (χ4v) is 2.36. The van der Waals surface area contributed by atoms with Gasteiger partial charge >= 0.3 is 6.03 Å². The van der Waals surface area contributed by atoms with Gasteiger partial charge in [0.05, 0.1) is 0 Å². The normalized spacial score (nSPS) is 10.2. The number of benzene rings is 2. The van der Waals surface area contributed by atoms with Crippen LogP contribution < -0.4 is 10.2 Å². The first-order valence-corrected chi connectivity index (χ1v) is 8.00. The molecule has 3 nitrogen and oxygen atoms in total. The van der Waals surface area contributed by atoms with Crippen molar-refractivity contribution < 1.29 is 4.79 Å². The summed E-state index contributed by atoms with van der Waals surface area (Å²) in [5, 5.41) is 2.97. The third kappa shape index (κ3) is 4.92. The van der Waals surface area contributed by atoms with Crippen LogP contribution in [0, 0.1) is 0 Å². The maximum Gasteiger partial charge on any atom is 0.326 e. The number of urea groups is 1. The van der Waals surface area contributed by atoms with Gasteiger partial charge < -0.3 is 5.32 Å². The Morgan fingerprint density at radius 1 is 0.909 bits per heavy atom. The third-order valence-electron chi connectivity index (χ3n) is 3.57. The Morgan fingerprint density at radius 2 is 1.55 bits per heavy atom. The van der Waals surface area contributed by atoms with Crippen LogP contribution in [0.3, 0.4) is 0 Å². The number of anilines is 2. The van der Waals surface area contributed by atoms with E-state index in [2.05, 4.69) is 12.2 Å². The Kier molecular flexibility index (Phi) is 6.49. The van der Waals surface area contributed by atoms with Crippen molar-refractivity contribution in [2.75, 3.05) is 16.8 Å². The molecule has 22 heavy (non-hydrogen) atoms. The van der Waals surface area contributed by atoms with E-state index in [1.54, 1.807) is 0 Å². The first kappa shape index (κ1) is 16.1. The van der Waals surface area contributed by atoms with Crippen LogP contribution in [0.5, 0.6) is 0 Å². The summed E-state index contributed by atoms with van der Waals surface area (Å²) in [6.07, 6.45) is 4.58. The first-order valence-electron chi connectivity index (χ1n) is 8.00. The second-order valence-corrected chi connectivity index (χ2v) is 5.34. The molecule has 0 aliphatic rings. The summed E-state index contributed by atoms with van der Waals surface area (Å²) in [6, 6.07) is 19.4. The van der Waals surface area contributed by atoms with E-state index in [0.29, 0.717) is 0 Å². The summed E-state index contributed by atoms with van der Waals surface area (Å²) in [4.78, 5) is 14.4. The molecular weight excluding hydrogens is 272 g/mol. The van der Waals surface area contributed by atoms with Gasteiger partial charge in [-0.1, -0.05) is 62.6 Å². The molecular formula is C19H24N2O. The fraction of sp³-hybridized carbons (Fsp3) is 0.316. The lowest BCUT2D eigenvalue weighted by atomic mass is 10.2. The Balaban J connectivity index is 2.04. The van der Waals surface area contributed by atoms with E-state index in [-0.39, 0.29) is 6.03 Å². The number of amides is 2. The lowest BCUT2D eigenvalue weighted by Crippen LogP contribution is -2.35.